The van der Waals surface area contributed by atoms with Gasteiger partial charge in [-0.15, -0.1) is 0 Å². The summed E-state index contributed by atoms with van der Waals surface area (Å²) in [5.41, 5.74) is 4.03. The van der Waals surface area contributed by atoms with E-state index in [9.17, 15) is 4.79 Å². The van der Waals surface area contributed by atoms with Gasteiger partial charge in [-0.05, 0) is 43.3 Å². The van der Waals surface area contributed by atoms with Crippen molar-refractivity contribution in [3.63, 3.8) is 0 Å². The van der Waals surface area contributed by atoms with Crippen molar-refractivity contribution in [1.29, 1.82) is 0 Å². The Hall–Kier alpha value is -3.15. The summed E-state index contributed by atoms with van der Waals surface area (Å²) in [4.78, 5) is 16.9. The number of hydrogen-bond donors (Lipinski definition) is 2. The summed E-state index contributed by atoms with van der Waals surface area (Å²) in [6.45, 7) is 1.94. The van der Waals surface area contributed by atoms with Crippen LogP contribution in [0.5, 0.6) is 0 Å². The number of carbonyl (C=O) groups is 1. The number of carbonyl (C=O) groups excluding carboxylic acids is 1. The molecule has 0 radical (unpaired) electrons. The van der Waals surface area contributed by atoms with Crippen molar-refractivity contribution in [2.45, 2.75) is 6.92 Å². The zero-order valence-corrected chi connectivity index (χ0v) is 12.8. The molecule has 2 N–H and O–H groups in total. The summed E-state index contributed by atoms with van der Waals surface area (Å²) in [6.07, 6.45) is 1.75. The molecule has 2 aromatic carbocycles. The third-order valence-electron chi connectivity index (χ3n) is 4.07. The molecule has 0 unspecified atom stereocenters. The highest BCUT2D eigenvalue weighted by molar-refractivity contribution is 6.06. The van der Waals surface area contributed by atoms with E-state index in [0.717, 1.165) is 33.4 Å². The summed E-state index contributed by atoms with van der Waals surface area (Å²) < 4.78 is 2.00. The Bertz CT molecular complexity index is 1040. The highest BCUT2D eigenvalue weighted by Crippen LogP contribution is 2.19. The summed E-state index contributed by atoms with van der Waals surface area (Å²) in [7, 11) is 1.96. The predicted molar refractivity (Wildman–Crippen MR) is 89.5 cm³/mol. The highest BCUT2D eigenvalue weighted by Gasteiger charge is 2.10. The molecule has 0 spiro atoms. The van der Waals surface area contributed by atoms with E-state index in [2.05, 4.69) is 20.5 Å². The van der Waals surface area contributed by atoms with Gasteiger partial charge in [-0.3, -0.25) is 9.89 Å². The van der Waals surface area contributed by atoms with E-state index in [1.807, 2.05) is 54.9 Å². The average Bonchev–Trinajstić information content (AvgIpc) is 3.11. The molecule has 6 nitrogen and oxygen atoms in total. The summed E-state index contributed by atoms with van der Waals surface area (Å²) in [5.74, 6) is 0.760. The molecule has 114 valence electrons. The van der Waals surface area contributed by atoms with Crippen LogP contribution in [0.15, 0.2) is 42.6 Å². The molecule has 0 fully saturated rings. The van der Waals surface area contributed by atoms with Crippen LogP contribution < -0.4 is 5.32 Å². The fourth-order valence-electron chi connectivity index (χ4n) is 2.68. The lowest BCUT2D eigenvalue weighted by Crippen LogP contribution is -2.11. The second kappa shape index (κ2) is 4.95. The minimum atomic E-state index is -0.158. The number of nitrogens with one attached hydrogen (secondary N) is 2. The maximum absolute atomic E-state index is 12.5. The number of aromatic amines is 1. The Labute approximate surface area is 132 Å². The van der Waals surface area contributed by atoms with Crippen molar-refractivity contribution in [2.24, 2.45) is 7.05 Å². The predicted octanol–water partition coefficient (Wildman–Crippen LogP) is 3.01. The van der Waals surface area contributed by atoms with Crippen LogP contribution in [0, 0.1) is 6.92 Å². The van der Waals surface area contributed by atoms with Gasteiger partial charge in [-0.1, -0.05) is 0 Å². The molecule has 0 bridgehead atoms. The Morgan fingerprint density at radius 2 is 2.09 bits per heavy atom. The fraction of sp³-hybridized carbons (Fsp3) is 0.118. The van der Waals surface area contributed by atoms with Gasteiger partial charge in [0.15, 0.2) is 0 Å². The van der Waals surface area contributed by atoms with Gasteiger partial charge >= 0.3 is 0 Å². The number of nitrogens with zero attached hydrogens (tertiary/aromatic N) is 3. The van der Waals surface area contributed by atoms with E-state index in [4.69, 9.17) is 0 Å². The van der Waals surface area contributed by atoms with Gasteiger partial charge in [-0.2, -0.15) is 5.10 Å². The molecular weight excluding hydrogens is 290 g/mol. The number of amides is 1. The van der Waals surface area contributed by atoms with Crippen LogP contribution in [0.2, 0.25) is 0 Å². The number of H-pyrrole nitrogens is 1. The van der Waals surface area contributed by atoms with Gasteiger partial charge < -0.3 is 9.88 Å². The monoisotopic (exact) mass is 305 g/mol. The summed E-state index contributed by atoms with van der Waals surface area (Å²) >= 11 is 0. The first-order valence-electron chi connectivity index (χ1n) is 7.29. The maximum atomic E-state index is 12.5. The van der Waals surface area contributed by atoms with Crippen molar-refractivity contribution >= 4 is 33.5 Å². The van der Waals surface area contributed by atoms with E-state index >= 15 is 0 Å². The van der Waals surface area contributed by atoms with Crippen LogP contribution >= 0.6 is 0 Å². The van der Waals surface area contributed by atoms with Crippen molar-refractivity contribution in [1.82, 2.24) is 19.7 Å². The number of hydrogen-bond acceptors (Lipinski definition) is 3. The smallest absolute Gasteiger partial charge is 0.255 e. The lowest BCUT2D eigenvalue weighted by molar-refractivity contribution is 0.102. The standard InChI is InChI=1S/C17H15N5O/c1-10-19-15-7-11(4-6-16(15)22(10)2)17(23)20-13-5-3-12-9-18-21-14(12)8-13/h3-9H,1-2H3,(H,18,21)(H,20,23). The quantitative estimate of drug-likeness (QED) is 0.598. The SMILES string of the molecule is Cc1nc2cc(C(=O)Nc3ccc4cn[nH]c4c3)ccc2n1C. The van der Waals surface area contributed by atoms with Gasteiger partial charge in [-0.25, -0.2) is 4.98 Å². The van der Waals surface area contributed by atoms with Crippen molar-refractivity contribution in [2.75, 3.05) is 5.32 Å². The number of fused-ring (bicyclic) bond motifs is 2. The Balaban J connectivity index is 1.65. The minimum Gasteiger partial charge on any atom is -0.331 e. The molecule has 0 saturated carbocycles. The first kappa shape index (κ1) is 13.5. The van der Waals surface area contributed by atoms with Gasteiger partial charge in [0, 0.05) is 23.7 Å². The molecule has 4 rings (SSSR count). The number of benzene rings is 2. The largest absolute Gasteiger partial charge is 0.331 e. The zero-order valence-electron chi connectivity index (χ0n) is 12.8. The van der Waals surface area contributed by atoms with E-state index in [0.29, 0.717) is 5.56 Å². The average molecular weight is 305 g/mol. The van der Waals surface area contributed by atoms with Gasteiger partial charge in [0.25, 0.3) is 5.91 Å². The van der Waals surface area contributed by atoms with Crippen LogP contribution in [-0.4, -0.2) is 25.7 Å². The second-order valence-electron chi connectivity index (χ2n) is 5.55. The normalized spacial score (nSPS) is 11.2. The van der Waals surface area contributed by atoms with Crippen molar-refractivity contribution < 1.29 is 4.79 Å². The molecule has 0 atom stereocenters. The zero-order chi connectivity index (χ0) is 16.0. The van der Waals surface area contributed by atoms with Crippen LogP contribution in [0.3, 0.4) is 0 Å². The Morgan fingerprint density at radius 1 is 1.22 bits per heavy atom. The van der Waals surface area contributed by atoms with E-state index < -0.39 is 0 Å². The van der Waals surface area contributed by atoms with E-state index in [-0.39, 0.29) is 5.91 Å². The number of aromatic nitrogens is 4. The van der Waals surface area contributed by atoms with Crippen molar-refractivity contribution in [3.05, 3.63) is 54.0 Å². The third kappa shape index (κ3) is 2.24. The number of anilines is 1. The van der Waals surface area contributed by atoms with Crippen LogP contribution in [0.1, 0.15) is 16.2 Å². The lowest BCUT2D eigenvalue weighted by Gasteiger charge is -2.05. The minimum absolute atomic E-state index is 0.158. The van der Waals surface area contributed by atoms with Gasteiger partial charge in [0.05, 0.1) is 22.7 Å². The number of aryl methyl sites for hydroxylation is 2. The molecule has 0 aliphatic carbocycles. The van der Waals surface area contributed by atoms with Crippen LogP contribution in [0.25, 0.3) is 21.9 Å². The molecule has 6 heteroatoms. The molecule has 23 heavy (non-hydrogen) atoms. The topological polar surface area (TPSA) is 75.6 Å². The molecule has 4 aromatic rings. The number of imidazole rings is 1. The molecule has 2 heterocycles. The molecule has 0 saturated heterocycles. The molecule has 1 amide bonds. The first-order chi connectivity index (χ1) is 11.1. The van der Waals surface area contributed by atoms with Gasteiger partial charge in [0.2, 0.25) is 0 Å². The summed E-state index contributed by atoms with van der Waals surface area (Å²) in [5, 5.41) is 10.8. The highest BCUT2D eigenvalue weighted by atomic mass is 16.1. The lowest BCUT2D eigenvalue weighted by atomic mass is 10.1. The van der Waals surface area contributed by atoms with Crippen LogP contribution in [-0.2, 0) is 7.05 Å². The summed E-state index contributed by atoms with van der Waals surface area (Å²) in [6, 6.07) is 11.2. The van der Waals surface area contributed by atoms with Gasteiger partial charge in [0.1, 0.15) is 5.82 Å². The van der Waals surface area contributed by atoms with Crippen molar-refractivity contribution in [3.8, 4) is 0 Å². The molecule has 0 aliphatic rings. The molecular formula is C17H15N5O. The fourth-order valence-corrected chi connectivity index (χ4v) is 2.68. The third-order valence-corrected chi connectivity index (χ3v) is 4.07. The Morgan fingerprint density at radius 3 is 2.96 bits per heavy atom. The molecule has 2 aromatic heterocycles. The maximum Gasteiger partial charge on any atom is 0.255 e. The molecule has 0 aliphatic heterocycles. The van der Waals surface area contributed by atoms with E-state index in [1.54, 1.807) is 6.20 Å². The first-order valence-corrected chi connectivity index (χ1v) is 7.29. The van der Waals surface area contributed by atoms with E-state index in [1.165, 1.54) is 0 Å². The number of rotatable bonds is 2. The van der Waals surface area contributed by atoms with Crippen LogP contribution in [0.4, 0.5) is 5.69 Å². The Kier molecular flexibility index (Phi) is 2.90. The second-order valence-corrected chi connectivity index (χ2v) is 5.55.